The summed E-state index contributed by atoms with van der Waals surface area (Å²) < 4.78 is 5.49. The van der Waals surface area contributed by atoms with E-state index in [2.05, 4.69) is 5.32 Å². The second kappa shape index (κ2) is 4.09. The first-order valence-corrected chi connectivity index (χ1v) is 6.34. The number of Topliss-reactive ketones (excluding diaryl/α,β-unsaturated/α-hetero) is 1. The first-order chi connectivity index (χ1) is 7.94. The summed E-state index contributed by atoms with van der Waals surface area (Å²) in [7, 11) is 1.67. The van der Waals surface area contributed by atoms with Crippen LogP contribution in [0.1, 0.15) is 46.0 Å². The van der Waals surface area contributed by atoms with E-state index in [-0.39, 0.29) is 23.3 Å². The van der Waals surface area contributed by atoms with Gasteiger partial charge in [0.25, 0.3) is 0 Å². The highest BCUT2D eigenvalue weighted by Crippen LogP contribution is 2.51. The van der Waals surface area contributed by atoms with Gasteiger partial charge in [0.2, 0.25) is 5.91 Å². The van der Waals surface area contributed by atoms with Crippen LogP contribution in [0.2, 0.25) is 0 Å². The van der Waals surface area contributed by atoms with Crippen LogP contribution in [-0.2, 0) is 14.3 Å². The van der Waals surface area contributed by atoms with Crippen molar-refractivity contribution in [2.75, 3.05) is 7.11 Å². The van der Waals surface area contributed by atoms with Crippen molar-refractivity contribution in [2.24, 2.45) is 5.41 Å². The van der Waals surface area contributed by atoms with Crippen molar-refractivity contribution >= 4 is 11.7 Å². The van der Waals surface area contributed by atoms with Crippen LogP contribution in [0.4, 0.5) is 0 Å². The lowest BCUT2D eigenvalue weighted by Gasteiger charge is -2.50. The van der Waals surface area contributed by atoms with Crippen molar-refractivity contribution in [1.29, 1.82) is 0 Å². The molecule has 4 nitrogen and oxygen atoms in total. The van der Waals surface area contributed by atoms with Crippen LogP contribution in [0.3, 0.4) is 0 Å². The van der Waals surface area contributed by atoms with Gasteiger partial charge in [-0.3, -0.25) is 9.59 Å². The summed E-state index contributed by atoms with van der Waals surface area (Å²) in [6, 6.07) is 0.0840. The fourth-order valence-electron chi connectivity index (χ4n) is 3.08. The molecular formula is C13H21NO3. The second-order valence-electron chi connectivity index (χ2n) is 5.70. The third-order valence-corrected chi connectivity index (χ3v) is 4.32. The molecule has 0 unspecified atom stereocenters. The number of nitrogens with one attached hydrogen (secondary N) is 1. The van der Waals surface area contributed by atoms with E-state index >= 15 is 0 Å². The number of hydrogen-bond acceptors (Lipinski definition) is 3. The van der Waals surface area contributed by atoms with Crippen molar-refractivity contribution in [2.45, 2.75) is 57.6 Å². The summed E-state index contributed by atoms with van der Waals surface area (Å²) >= 11 is 0. The van der Waals surface area contributed by atoms with Gasteiger partial charge in [0.1, 0.15) is 5.41 Å². The Balaban J connectivity index is 2.18. The molecule has 0 aromatic carbocycles. The molecule has 3 aliphatic carbocycles. The van der Waals surface area contributed by atoms with E-state index in [0.29, 0.717) is 19.3 Å². The lowest BCUT2D eigenvalue weighted by atomic mass is 9.57. The smallest absolute Gasteiger partial charge is 0.233 e. The van der Waals surface area contributed by atoms with Gasteiger partial charge in [-0.2, -0.15) is 0 Å². The number of hydrogen-bond donors (Lipinski definition) is 1. The monoisotopic (exact) mass is 239 g/mol. The molecule has 4 heteroatoms. The molecule has 3 aliphatic rings. The zero-order valence-electron chi connectivity index (χ0n) is 10.8. The first kappa shape index (κ1) is 12.6. The molecule has 3 rings (SSSR count). The van der Waals surface area contributed by atoms with Gasteiger partial charge in [-0.1, -0.05) is 0 Å². The Morgan fingerprint density at radius 3 is 2.29 bits per heavy atom. The van der Waals surface area contributed by atoms with E-state index in [1.807, 2.05) is 13.8 Å². The Kier molecular flexibility index (Phi) is 3.02. The van der Waals surface area contributed by atoms with E-state index in [0.717, 1.165) is 12.8 Å². The third kappa shape index (κ3) is 1.88. The fourth-order valence-corrected chi connectivity index (χ4v) is 3.08. The van der Waals surface area contributed by atoms with Gasteiger partial charge in [-0.05, 0) is 39.5 Å². The lowest BCUT2D eigenvalue weighted by molar-refractivity contribution is -0.167. The zero-order valence-corrected chi connectivity index (χ0v) is 10.8. The van der Waals surface area contributed by atoms with Crippen LogP contribution >= 0.6 is 0 Å². The van der Waals surface area contributed by atoms with Gasteiger partial charge < -0.3 is 10.1 Å². The lowest BCUT2D eigenvalue weighted by Crippen LogP contribution is -2.59. The Hall–Kier alpha value is -0.900. The number of fused-ring (bicyclic) bond motifs is 3. The Morgan fingerprint density at radius 2 is 1.88 bits per heavy atom. The maximum absolute atomic E-state index is 12.2. The Bertz CT molecular complexity index is 341. The van der Waals surface area contributed by atoms with Crippen LogP contribution in [-0.4, -0.2) is 30.4 Å². The minimum Gasteiger partial charge on any atom is -0.378 e. The maximum Gasteiger partial charge on any atom is 0.233 e. The summed E-state index contributed by atoms with van der Waals surface area (Å²) in [5, 5.41) is 2.89. The Labute approximate surface area is 102 Å². The first-order valence-electron chi connectivity index (χ1n) is 6.34. The summed E-state index contributed by atoms with van der Waals surface area (Å²) in [6.07, 6.45) is 3.31. The molecule has 3 fully saturated rings. The molecule has 0 radical (unpaired) electrons. The van der Waals surface area contributed by atoms with Crippen LogP contribution in [0.25, 0.3) is 0 Å². The molecule has 1 amide bonds. The van der Waals surface area contributed by atoms with E-state index in [9.17, 15) is 9.59 Å². The standard InChI is InChI=1S/C13H21NO3/c1-9(2)14-11(16)13-6-4-12(17-3,5-7-13)8-10(13)15/h9H,4-8H2,1-3H3,(H,14,16). The summed E-state index contributed by atoms with van der Waals surface area (Å²) in [5.74, 6) is -0.0168. The van der Waals surface area contributed by atoms with E-state index < -0.39 is 5.41 Å². The number of ketones is 1. The number of carbonyl (C=O) groups is 2. The quantitative estimate of drug-likeness (QED) is 0.758. The number of methoxy groups -OCH3 is 1. The molecule has 0 spiro atoms. The maximum atomic E-state index is 12.2. The molecule has 1 N–H and O–H groups in total. The predicted molar refractivity (Wildman–Crippen MR) is 63.5 cm³/mol. The highest BCUT2D eigenvalue weighted by Gasteiger charge is 2.58. The molecule has 0 aliphatic heterocycles. The number of carbonyl (C=O) groups excluding carboxylic acids is 2. The van der Waals surface area contributed by atoms with Gasteiger partial charge in [0.05, 0.1) is 5.60 Å². The van der Waals surface area contributed by atoms with Crippen molar-refractivity contribution in [1.82, 2.24) is 5.32 Å². The summed E-state index contributed by atoms with van der Waals surface area (Å²) in [6.45, 7) is 3.84. The van der Waals surface area contributed by atoms with E-state index in [4.69, 9.17) is 4.74 Å². The number of ether oxygens (including phenoxy) is 1. The number of rotatable bonds is 3. The van der Waals surface area contributed by atoms with Crippen LogP contribution in [0.15, 0.2) is 0 Å². The molecular weight excluding hydrogens is 218 g/mol. The predicted octanol–water partition coefficient (Wildman–Crippen LogP) is 1.43. The normalized spacial score (nSPS) is 36.4. The topological polar surface area (TPSA) is 55.4 Å². The molecule has 0 aromatic rings. The highest BCUT2D eigenvalue weighted by atomic mass is 16.5. The van der Waals surface area contributed by atoms with Crippen molar-refractivity contribution in [3.05, 3.63) is 0 Å². The number of amides is 1. The van der Waals surface area contributed by atoms with Gasteiger partial charge in [0, 0.05) is 19.6 Å². The van der Waals surface area contributed by atoms with Crippen molar-refractivity contribution in [3.8, 4) is 0 Å². The van der Waals surface area contributed by atoms with Gasteiger partial charge in [-0.15, -0.1) is 0 Å². The largest absolute Gasteiger partial charge is 0.378 e. The van der Waals surface area contributed by atoms with Crippen LogP contribution < -0.4 is 5.32 Å². The SMILES string of the molecule is COC12CCC(C(=O)NC(C)C)(CC1)C(=O)C2. The van der Waals surface area contributed by atoms with Gasteiger partial charge >= 0.3 is 0 Å². The minimum atomic E-state index is -0.759. The Morgan fingerprint density at radius 1 is 1.29 bits per heavy atom. The minimum absolute atomic E-state index is 0.0648. The summed E-state index contributed by atoms with van der Waals surface area (Å²) in [4.78, 5) is 24.4. The van der Waals surface area contributed by atoms with Crippen LogP contribution in [0.5, 0.6) is 0 Å². The van der Waals surface area contributed by atoms with Gasteiger partial charge in [0.15, 0.2) is 5.78 Å². The van der Waals surface area contributed by atoms with Gasteiger partial charge in [-0.25, -0.2) is 0 Å². The molecule has 0 aromatic heterocycles. The fraction of sp³-hybridized carbons (Fsp3) is 0.846. The highest BCUT2D eigenvalue weighted by molar-refractivity contribution is 6.07. The molecule has 96 valence electrons. The second-order valence-corrected chi connectivity index (χ2v) is 5.70. The molecule has 3 saturated carbocycles. The molecule has 0 heterocycles. The van der Waals surface area contributed by atoms with E-state index in [1.54, 1.807) is 7.11 Å². The molecule has 17 heavy (non-hydrogen) atoms. The average molecular weight is 239 g/mol. The summed E-state index contributed by atoms with van der Waals surface area (Å²) in [5.41, 5.74) is -1.04. The zero-order chi connectivity index (χ0) is 12.7. The molecule has 2 bridgehead atoms. The molecule has 0 saturated heterocycles. The van der Waals surface area contributed by atoms with Crippen molar-refractivity contribution in [3.63, 3.8) is 0 Å². The van der Waals surface area contributed by atoms with E-state index in [1.165, 1.54) is 0 Å². The van der Waals surface area contributed by atoms with Crippen molar-refractivity contribution < 1.29 is 14.3 Å². The third-order valence-electron chi connectivity index (χ3n) is 4.32. The molecule has 0 atom stereocenters. The average Bonchev–Trinajstić information content (AvgIpc) is 2.29. The van der Waals surface area contributed by atoms with Crippen LogP contribution in [0, 0.1) is 5.41 Å².